The van der Waals surface area contributed by atoms with Crippen LogP contribution in [0.15, 0.2) is 0 Å². The molecule has 62 valence electrons. The molecule has 0 heterocycles. The molecule has 10 heavy (non-hydrogen) atoms. The van der Waals surface area contributed by atoms with Crippen molar-refractivity contribution in [3.05, 3.63) is 5.21 Å². The lowest BCUT2D eigenvalue weighted by molar-refractivity contribution is -0.233. The maximum Gasteiger partial charge on any atom is 0.210 e. The van der Waals surface area contributed by atoms with Gasteiger partial charge in [0.1, 0.15) is 0 Å². The number of unbranched alkanes of at least 4 members (excludes halogenated alkanes) is 1. The van der Waals surface area contributed by atoms with E-state index in [1.54, 1.807) is 0 Å². The second-order valence-corrected chi connectivity index (χ2v) is 2.43. The van der Waals surface area contributed by atoms with Gasteiger partial charge < -0.3 is 20.5 Å². The summed E-state index contributed by atoms with van der Waals surface area (Å²) in [5.74, 6) is -2.21. The Morgan fingerprint density at radius 2 is 2.00 bits per heavy atom. The van der Waals surface area contributed by atoms with E-state index < -0.39 is 5.91 Å². The molecule has 0 aromatic carbocycles. The largest absolute Gasteiger partial charge is 0.781 e. The van der Waals surface area contributed by atoms with Gasteiger partial charge in [-0.2, -0.15) is 0 Å². The van der Waals surface area contributed by atoms with Crippen LogP contribution in [-0.2, 0) is 0 Å². The van der Waals surface area contributed by atoms with E-state index in [-0.39, 0.29) is 11.6 Å². The fourth-order valence-electron chi connectivity index (χ4n) is 0.514. The van der Waals surface area contributed by atoms with Crippen molar-refractivity contribution >= 4 is 0 Å². The molecule has 0 bridgehead atoms. The van der Waals surface area contributed by atoms with Gasteiger partial charge >= 0.3 is 0 Å². The maximum atomic E-state index is 10.6. The van der Waals surface area contributed by atoms with Gasteiger partial charge in [-0.05, 0) is 13.0 Å². The molecule has 2 N–H and O–H groups in total. The number of hydroxylamine groups is 2. The highest BCUT2D eigenvalue weighted by molar-refractivity contribution is 4.62. The Morgan fingerprint density at radius 1 is 1.50 bits per heavy atom. The fraction of sp³-hybridized carbons (Fsp3) is 1.00. The molecule has 4 nitrogen and oxygen atoms in total. The minimum atomic E-state index is -2.21. The van der Waals surface area contributed by atoms with Gasteiger partial charge in [0.2, 0.25) is 5.91 Å². The predicted octanol–water partition coefficient (Wildman–Crippen LogP) is 0.245. The molecule has 0 atom stereocenters. The summed E-state index contributed by atoms with van der Waals surface area (Å²) >= 11 is 0. The van der Waals surface area contributed by atoms with Gasteiger partial charge in [-0.3, -0.25) is 0 Å². The smallest absolute Gasteiger partial charge is 0.210 e. The number of rotatable bonds is 4. The van der Waals surface area contributed by atoms with Crippen LogP contribution in [0.25, 0.3) is 0 Å². The van der Waals surface area contributed by atoms with Crippen molar-refractivity contribution in [2.24, 2.45) is 0 Å². The molecule has 0 aromatic rings. The van der Waals surface area contributed by atoms with Gasteiger partial charge in [-0.15, -0.1) is 0 Å². The second kappa shape index (κ2) is 3.88. The molecule has 0 radical (unpaired) electrons. The molecule has 0 aromatic heterocycles. The van der Waals surface area contributed by atoms with Crippen molar-refractivity contribution in [1.29, 1.82) is 0 Å². The normalized spacial score (nSPS) is 12.6. The summed E-state index contributed by atoms with van der Waals surface area (Å²) in [5.41, 5.74) is 0. The van der Waals surface area contributed by atoms with E-state index in [1.807, 2.05) is 6.92 Å². The third-order valence-corrected chi connectivity index (χ3v) is 1.19. The fourth-order valence-corrected chi connectivity index (χ4v) is 0.514. The lowest BCUT2D eigenvalue weighted by atomic mass is 10.3. The van der Waals surface area contributed by atoms with Crippen LogP contribution in [0.1, 0.15) is 26.7 Å². The number of hydrogen-bond donors (Lipinski definition) is 2. The average molecular weight is 148 g/mol. The summed E-state index contributed by atoms with van der Waals surface area (Å²) in [6.45, 7) is 3.15. The zero-order valence-electron chi connectivity index (χ0n) is 6.37. The van der Waals surface area contributed by atoms with Crippen molar-refractivity contribution in [1.82, 2.24) is 5.06 Å². The van der Waals surface area contributed by atoms with E-state index in [9.17, 15) is 5.21 Å². The zero-order chi connectivity index (χ0) is 8.20. The summed E-state index contributed by atoms with van der Waals surface area (Å²) in [5, 5.41) is 28.3. The Morgan fingerprint density at radius 3 is 2.30 bits per heavy atom. The highest BCUT2D eigenvalue weighted by Gasteiger charge is 2.15. The van der Waals surface area contributed by atoms with Crippen LogP contribution in [0.2, 0.25) is 0 Å². The van der Waals surface area contributed by atoms with Crippen LogP contribution in [0.5, 0.6) is 0 Å². The van der Waals surface area contributed by atoms with Gasteiger partial charge in [0.05, 0.1) is 0 Å². The third kappa shape index (κ3) is 3.79. The number of aliphatic hydroxyl groups is 2. The van der Waals surface area contributed by atoms with Crippen LogP contribution in [0, 0.1) is 5.21 Å². The van der Waals surface area contributed by atoms with E-state index in [0.717, 1.165) is 13.3 Å². The van der Waals surface area contributed by atoms with Crippen LogP contribution in [-0.4, -0.2) is 27.7 Å². The van der Waals surface area contributed by atoms with Gasteiger partial charge in [-0.25, -0.2) is 0 Å². The molecule has 0 aliphatic rings. The van der Waals surface area contributed by atoms with Crippen LogP contribution in [0.3, 0.4) is 0 Å². The summed E-state index contributed by atoms with van der Waals surface area (Å²) in [6, 6.07) is 0. The molecule has 0 aliphatic carbocycles. The molecule has 0 saturated heterocycles. The molecular weight excluding hydrogens is 134 g/mol. The first kappa shape index (κ1) is 9.84. The topological polar surface area (TPSA) is 66.8 Å². The molecular formula is C6H14NO3-. The zero-order valence-corrected chi connectivity index (χ0v) is 6.37. The van der Waals surface area contributed by atoms with Crippen molar-refractivity contribution in [3.8, 4) is 0 Å². The Hall–Kier alpha value is -0.160. The monoisotopic (exact) mass is 148 g/mol. The van der Waals surface area contributed by atoms with Crippen LogP contribution < -0.4 is 0 Å². The van der Waals surface area contributed by atoms with Gasteiger partial charge in [0.15, 0.2) is 0 Å². The summed E-state index contributed by atoms with van der Waals surface area (Å²) < 4.78 is 0. The van der Waals surface area contributed by atoms with Crippen molar-refractivity contribution in [3.63, 3.8) is 0 Å². The highest BCUT2D eigenvalue weighted by Crippen LogP contribution is 2.05. The van der Waals surface area contributed by atoms with E-state index in [2.05, 4.69) is 0 Å². The third-order valence-electron chi connectivity index (χ3n) is 1.19. The van der Waals surface area contributed by atoms with Gasteiger partial charge in [0.25, 0.3) is 0 Å². The first-order chi connectivity index (χ1) is 4.48. The first-order valence-electron chi connectivity index (χ1n) is 3.38. The molecule has 0 aliphatic heterocycles. The van der Waals surface area contributed by atoms with Gasteiger partial charge in [0, 0.05) is 6.92 Å². The lowest BCUT2D eigenvalue weighted by Crippen LogP contribution is -2.42. The molecule has 0 rings (SSSR count). The summed E-state index contributed by atoms with van der Waals surface area (Å²) in [4.78, 5) is 0. The number of nitrogens with zero attached hydrogens (tertiary/aromatic N) is 1. The van der Waals surface area contributed by atoms with E-state index >= 15 is 0 Å². The van der Waals surface area contributed by atoms with Crippen molar-refractivity contribution < 1.29 is 10.2 Å². The summed E-state index contributed by atoms with van der Waals surface area (Å²) in [6.07, 6.45) is 1.55. The molecule has 0 spiro atoms. The standard InChI is InChI=1S/C6H14NO3/c1-3-4-5-7(10)6(2,8)9/h8-9H,3-5H2,1-2H3/q-1. The van der Waals surface area contributed by atoms with E-state index in [1.165, 1.54) is 0 Å². The molecule has 4 heteroatoms. The second-order valence-electron chi connectivity index (χ2n) is 2.43. The number of hydrogen-bond acceptors (Lipinski definition) is 4. The highest BCUT2D eigenvalue weighted by atomic mass is 16.6. The Bertz CT molecular complexity index is 89.5. The lowest BCUT2D eigenvalue weighted by Gasteiger charge is -2.37. The average Bonchev–Trinajstić information content (AvgIpc) is 1.80. The Balaban J connectivity index is 3.52. The predicted molar refractivity (Wildman–Crippen MR) is 37.8 cm³/mol. The minimum absolute atomic E-state index is 0.167. The van der Waals surface area contributed by atoms with Crippen LogP contribution >= 0.6 is 0 Å². The van der Waals surface area contributed by atoms with Gasteiger partial charge in [-0.1, -0.05) is 13.3 Å². The van der Waals surface area contributed by atoms with E-state index in [0.29, 0.717) is 6.42 Å². The molecule has 0 saturated carbocycles. The minimum Gasteiger partial charge on any atom is -0.781 e. The van der Waals surface area contributed by atoms with Crippen molar-refractivity contribution in [2.45, 2.75) is 32.6 Å². The molecule has 0 amide bonds. The van der Waals surface area contributed by atoms with Crippen molar-refractivity contribution in [2.75, 3.05) is 6.54 Å². The van der Waals surface area contributed by atoms with E-state index in [4.69, 9.17) is 10.2 Å². The SMILES string of the molecule is CCCCN([O-])C(C)(O)O. The first-order valence-corrected chi connectivity index (χ1v) is 3.38. The molecule has 0 fully saturated rings. The Labute approximate surface area is 60.7 Å². The van der Waals surface area contributed by atoms with Crippen LogP contribution in [0.4, 0.5) is 0 Å². The maximum absolute atomic E-state index is 10.6. The quantitative estimate of drug-likeness (QED) is 0.443. The molecule has 0 unspecified atom stereocenters. The Kier molecular flexibility index (Phi) is 3.81. The summed E-state index contributed by atoms with van der Waals surface area (Å²) in [7, 11) is 0.